The Kier molecular flexibility index (Phi) is 9.07. The van der Waals surface area contributed by atoms with E-state index in [9.17, 15) is 14.4 Å². The number of aromatic nitrogens is 3. The van der Waals surface area contributed by atoms with Crippen molar-refractivity contribution in [3.05, 3.63) is 77.5 Å². The number of carbonyl (C=O) groups is 1. The number of nitrogens with one attached hydrogen (secondary N) is 1. The van der Waals surface area contributed by atoms with Crippen molar-refractivity contribution in [3.63, 3.8) is 0 Å². The SMILES string of the molecule is CC.N#Cc1ccc2[nH]cc(CCCN3CCN(c4ccc(Oc5nccc(C(N)=O)n5)cc4F)CC3)c2c1. The van der Waals surface area contributed by atoms with E-state index in [0.717, 1.165) is 56.5 Å². The van der Waals surface area contributed by atoms with Gasteiger partial charge in [-0.25, -0.2) is 9.37 Å². The Morgan fingerprint density at radius 2 is 1.95 bits per heavy atom. The van der Waals surface area contributed by atoms with Crippen molar-refractivity contribution in [2.45, 2.75) is 26.7 Å². The molecule has 39 heavy (non-hydrogen) atoms. The number of hydrogen-bond donors (Lipinski definition) is 2. The highest BCUT2D eigenvalue weighted by molar-refractivity contribution is 5.90. The van der Waals surface area contributed by atoms with Gasteiger partial charge in [-0.15, -0.1) is 0 Å². The number of ether oxygens (including phenoxy) is 1. The van der Waals surface area contributed by atoms with Gasteiger partial charge < -0.3 is 20.4 Å². The first-order chi connectivity index (χ1) is 19.0. The summed E-state index contributed by atoms with van der Waals surface area (Å²) in [6, 6.07) is 13.9. The number of carbonyl (C=O) groups excluding carboxylic acids is 1. The van der Waals surface area contributed by atoms with Crippen LogP contribution in [-0.4, -0.2) is 58.5 Å². The van der Waals surface area contributed by atoms with E-state index < -0.39 is 11.7 Å². The number of rotatable bonds is 8. The molecule has 202 valence electrons. The summed E-state index contributed by atoms with van der Waals surface area (Å²) in [6.45, 7) is 8.09. The topological polar surface area (TPSA) is 124 Å². The molecule has 0 saturated carbocycles. The molecule has 3 N–H and O–H groups in total. The van der Waals surface area contributed by atoms with E-state index in [1.165, 1.54) is 23.9 Å². The average Bonchev–Trinajstić information content (AvgIpc) is 3.37. The quantitative estimate of drug-likeness (QED) is 0.341. The number of nitrogens with zero attached hydrogens (tertiary/aromatic N) is 5. The number of primary amides is 1. The summed E-state index contributed by atoms with van der Waals surface area (Å²) in [7, 11) is 0. The van der Waals surface area contributed by atoms with E-state index in [-0.39, 0.29) is 17.5 Å². The number of nitriles is 1. The summed E-state index contributed by atoms with van der Waals surface area (Å²) in [5, 5.41) is 10.3. The zero-order valence-electron chi connectivity index (χ0n) is 22.2. The number of aromatic amines is 1. The molecular weight excluding hydrogens is 497 g/mol. The minimum atomic E-state index is -0.694. The summed E-state index contributed by atoms with van der Waals surface area (Å²) in [6.07, 6.45) is 5.32. The highest BCUT2D eigenvalue weighted by Gasteiger charge is 2.20. The number of H-pyrrole nitrogens is 1. The first kappa shape index (κ1) is 27.5. The molecule has 1 fully saturated rings. The van der Waals surface area contributed by atoms with Crippen LogP contribution in [0, 0.1) is 17.1 Å². The number of aryl methyl sites for hydroxylation is 1. The third kappa shape index (κ3) is 6.69. The van der Waals surface area contributed by atoms with Gasteiger partial charge in [0.2, 0.25) is 0 Å². The standard InChI is InChI=1S/C27H26FN7O2.C2H6/c28-22-15-20(37-27-31-8-7-24(33-27)26(30)36)4-6-25(22)35-12-10-34(11-13-35)9-1-2-19-17-32-23-5-3-18(16-29)14-21(19)23;1-2/h3-8,14-15,17,32H,1-2,9-13H2,(H2,30,36);1-2H3. The van der Waals surface area contributed by atoms with Gasteiger partial charge in [-0.2, -0.15) is 10.2 Å². The number of amides is 1. The van der Waals surface area contributed by atoms with Gasteiger partial charge in [0.25, 0.3) is 5.91 Å². The third-order valence-corrected chi connectivity index (χ3v) is 6.54. The van der Waals surface area contributed by atoms with Crippen molar-refractivity contribution >= 4 is 22.5 Å². The fourth-order valence-corrected chi connectivity index (χ4v) is 4.60. The van der Waals surface area contributed by atoms with Crippen molar-refractivity contribution < 1.29 is 13.9 Å². The van der Waals surface area contributed by atoms with E-state index in [1.54, 1.807) is 12.1 Å². The van der Waals surface area contributed by atoms with Crippen LogP contribution in [0.2, 0.25) is 0 Å². The number of halogens is 1. The Bertz CT molecular complexity index is 1470. The molecule has 1 aliphatic rings. The summed E-state index contributed by atoms with van der Waals surface area (Å²) < 4.78 is 20.4. The second-order valence-electron chi connectivity index (χ2n) is 8.92. The Balaban J connectivity index is 0.00000172. The number of anilines is 1. The predicted molar refractivity (Wildman–Crippen MR) is 148 cm³/mol. The highest BCUT2D eigenvalue weighted by Crippen LogP contribution is 2.27. The van der Waals surface area contributed by atoms with Crippen molar-refractivity contribution in [1.29, 1.82) is 5.26 Å². The van der Waals surface area contributed by atoms with E-state index in [0.29, 0.717) is 11.3 Å². The molecule has 0 unspecified atom stereocenters. The van der Waals surface area contributed by atoms with Crippen molar-refractivity contribution in [1.82, 2.24) is 19.9 Å². The van der Waals surface area contributed by atoms with Crippen LogP contribution in [0.5, 0.6) is 11.8 Å². The Morgan fingerprint density at radius 3 is 2.67 bits per heavy atom. The smallest absolute Gasteiger partial charge is 0.322 e. The van der Waals surface area contributed by atoms with Crippen molar-refractivity contribution in [2.24, 2.45) is 5.73 Å². The monoisotopic (exact) mass is 529 g/mol. The lowest BCUT2D eigenvalue weighted by Crippen LogP contribution is -2.47. The highest BCUT2D eigenvalue weighted by atomic mass is 19.1. The molecule has 1 amide bonds. The molecule has 0 aliphatic carbocycles. The summed E-state index contributed by atoms with van der Waals surface area (Å²) >= 11 is 0. The van der Waals surface area contributed by atoms with Crippen LogP contribution in [0.3, 0.4) is 0 Å². The zero-order valence-corrected chi connectivity index (χ0v) is 22.2. The minimum Gasteiger partial charge on any atom is -0.424 e. The molecule has 2 aromatic heterocycles. The van der Waals surface area contributed by atoms with E-state index >= 15 is 0 Å². The van der Waals surface area contributed by atoms with Gasteiger partial charge in [0, 0.05) is 55.5 Å². The third-order valence-electron chi connectivity index (χ3n) is 6.54. The van der Waals surface area contributed by atoms with E-state index in [1.807, 2.05) is 43.1 Å². The summed E-state index contributed by atoms with van der Waals surface area (Å²) in [4.78, 5) is 26.8. The molecular formula is C29H32FN7O2. The molecule has 4 aromatic rings. The van der Waals surface area contributed by atoms with Crippen LogP contribution in [0.1, 0.15) is 41.9 Å². The largest absolute Gasteiger partial charge is 0.424 e. The summed E-state index contributed by atoms with van der Waals surface area (Å²) in [5.74, 6) is -0.853. The lowest BCUT2D eigenvalue weighted by atomic mass is 10.1. The number of hydrogen-bond acceptors (Lipinski definition) is 7. The first-order valence-corrected chi connectivity index (χ1v) is 13.1. The Hall–Kier alpha value is -4.49. The lowest BCUT2D eigenvalue weighted by Gasteiger charge is -2.36. The maximum atomic E-state index is 14.9. The maximum Gasteiger partial charge on any atom is 0.322 e. The van der Waals surface area contributed by atoms with E-state index in [2.05, 4.69) is 25.9 Å². The van der Waals surface area contributed by atoms with Crippen LogP contribution in [-0.2, 0) is 6.42 Å². The Labute approximate surface area is 227 Å². The molecule has 9 nitrogen and oxygen atoms in total. The maximum absolute atomic E-state index is 14.9. The van der Waals surface area contributed by atoms with Crippen LogP contribution in [0.15, 0.2) is 54.9 Å². The van der Waals surface area contributed by atoms with Crippen LogP contribution >= 0.6 is 0 Å². The normalized spacial score (nSPS) is 13.4. The van der Waals surface area contributed by atoms with Gasteiger partial charge in [0.1, 0.15) is 17.3 Å². The minimum absolute atomic E-state index is 0.0227. The fraction of sp³-hybridized carbons (Fsp3) is 0.310. The van der Waals surface area contributed by atoms with Gasteiger partial charge >= 0.3 is 6.01 Å². The molecule has 3 heterocycles. The molecule has 0 spiro atoms. The van der Waals surface area contributed by atoms with Gasteiger partial charge in [0.15, 0.2) is 0 Å². The molecule has 10 heteroatoms. The molecule has 0 radical (unpaired) electrons. The summed E-state index contributed by atoms with van der Waals surface area (Å²) in [5.41, 5.74) is 8.71. The number of fused-ring (bicyclic) bond motifs is 1. The second-order valence-corrected chi connectivity index (χ2v) is 8.92. The van der Waals surface area contributed by atoms with Crippen LogP contribution in [0.4, 0.5) is 10.1 Å². The van der Waals surface area contributed by atoms with Gasteiger partial charge in [-0.3, -0.25) is 9.69 Å². The van der Waals surface area contributed by atoms with Gasteiger partial charge in [-0.05, 0) is 61.3 Å². The average molecular weight is 530 g/mol. The van der Waals surface area contributed by atoms with Gasteiger partial charge in [0.05, 0.1) is 17.3 Å². The second kappa shape index (κ2) is 12.8. The van der Waals surface area contributed by atoms with Crippen molar-refractivity contribution in [3.8, 4) is 17.8 Å². The molecule has 1 saturated heterocycles. The van der Waals surface area contributed by atoms with Crippen molar-refractivity contribution in [2.75, 3.05) is 37.6 Å². The molecule has 5 rings (SSSR count). The molecule has 1 aliphatic heterocycles. The Morgan fingerprint density at radius 1 is 1.15 bits per heavy atom. The van der Waals surface area contributed by atoms with Crippen LogP contribution in [0.25, 0.3) is 10.9 Å². The lowest BCUT2D eigenvalue weighted by molar-refractivity contribution is 0.0994. The molecule has 2 aromatic carbocycles. The number of piperazine rings is 1. The fourth-order valence-electron chi connectivity index (χ4n) is 4.60. The molecule has 0 atom stereocenters. The predicted octanol–water partition coefficient (Wildman–Crippen LogP) is 4.64. The van der Waals surface area contributed by atoms with Crippen LogP contribution < -0.4 is 15.4 Å². The van der Waals surface area contributed by atoms with E-state index in [4.69, 9.17) is 10.5 Å². The molecule has 0 bridgehead atoms. The number of nitrogens with two attached hydrogens (primary N) is 1. The number of benzene rings is 2. The zero-order chi connectivity index (χ0) is 27.8. The van der Waals surface area contributed by atoms with Gasteiger partial charge in [-0.1, -0.05) is 13.8 Å². The first-order valence-electron chi connectivity index (χ1n) is 13.1.